The van der Waals surface area contributed by atoms with Gasteiger partial charge in [0.2, 0.25) is 11.4 Å². The molecule has 0 aliphatic carbocycles. The molecule has 4 heteroatoms. The average Bonchev–Trinajstić information content (AvgIpc) is 3.15. The van der Waals surface area contributed by atoms with E-state index in [0.29, 0.717) is 33.0 Å². The van der Waals surface area contributed by atoms with Gasteiger partial charge < -0.3 is 4.42 Å². The Morgan fingerprint density at radius 1 is 1.30 bits per heavy atom. The Kier molecular flexibility index (Phi) is 2.22. The minimum atomic E-state index is -3.36. The molecule has 0 saturated carbocycles. The van der Waals surface area contributed by atoms with Crippen LogP contribution in [0.2, 0.25) is 0 Å². The first kappa shape index (κ1) is 9.66. The molecule has 134 valence electrons. The molecule has 0 unspecified atom stereocenters. The van der Waals surface area contributed by atoms with E-state index in [1.54, 1.807) is 32.2 Å². The standard InChI is InChI=1S/C23H22N3O/c1-13(2)17-8-15(4)26(5)20(10-17)21-14(3)6-7-18-19-9-16(11-24)12-25-23(19)27-22(18)21/h6-10,12-13H,1-5H3/q+1/i1D3,2D3,8D,10D,13D. The van der Waals surface area contributed by atoms with Gasteiger partial charge in [-0.25, -0.2) is 4.98 Å². The molecule has 0 aliphatic heterocycles. The Morgan fingerprint density at radius 2 is 2.11 bits per heavy atom. The number of hydrogen-bond donors (Lipinski definition) is 0. The maximum absolute atomic E-state index is 9.27. The smallest absolute Gasteiger partial charge is 0.227 e. The summed E-state index contributed by atoms with van der Waals surface area (Å²) in [5.74, 6) is -3.22. The Bertz CT molecular complexity index is 1580. The number of benzene rings is 1. The third-order valence-corrected chi connectivity index (χ3v) is 4.71. The number of nitrogens with zero attached hydrogens (tertiary/aromatic N) is 3. The van der Waals surface area contributed by atoms with Crippen molar-refractivity contribution >= 4 is 22.1 Å². The van der Waals surface area contributed by atoms with Crippen molar-refractivity contribution in [3.05, 3.63) is 58.9 Å². The van der Waals surface area contributed by atoms with Crippen molar-refractivity contribution in [1.29, 1.82) is 5.26 Å². The quantitative estimate of drug-likeness (QED) is 0.465. The maximum atomic E-state index is 9.27. The third kappa shape index (κ3) is 2.67. The lowest BCUT2D eigenvalue weighted by atomic mass is 9.96. The average molecular weight is 366 g/mol. The highest BCUT2D eigenvalue weighted by atomic mass is 16.3. The van der Waals surface area contributed by atoms with Crippen LogP contribution in [0.5, 0.6) is 0 Å². The van der Waals surface area contributed by atoms with Crippen molar-refractivity contribution in [2.45, 2.75) is 33.4 Å². The fraction of sp³-hybridized carbons (Fsp3) is 0.261. The second kappa shape index (κ2) is 6.21. The van der Waals surface area contributed by atoms with E-state index in [0.717, 1.165) is 0 Å². The molecule has 0 aliphatic rings. The van der Waals surface area contributed by atoms with Crippen molar-refractivity contribution in [2.24, 2.45) is 7.05 Å². The fourth-order valence-electron chi connectivity index (χ4n) is 3.20. The van der Waals surface area contributed by atoms with Crippen LogP contribution in [0.1, 0.15) is 54.3 Å². The van der Waals surface area contributed by atoms with Gasteiger partial charge in [0.05, 0.1) is 13.9 Å². The highest BCUT2D eigenvalue weighted by Gasteiger charge is 2.23. The van der Waals surface area contributed by atoms with Crippen LogP contribution in [0.15, 0.2) is 40.9 Å². The van der Waals surface area contributed by atoms with Crippen molar-refractivity contribution in [3.63, 3.8) is 0 Å². The van der Waals surface area contributed by atoms with Crippen molar-refractivity contribution in [3.8, 4) is 17.3 Å². The first-order valence-corrected chi connectivity index (χ1v) is 8.28. The van der Waals surface area contributed by atoms with E-state index < -0.39 is 37.2 Å². The molecule has 0 fully saturated rings. The summed E-state index contributed by atoms with van der Waals surface area (Å²) in [6.45, 7) is -3.46. The number of nitriles is 1. The Hall–Kier alpha value is -3.19. The molecule has 0 N–H and O–H groups in total. The van der Waals surface area contributed by atoms with E-state index in [1.807, 2.05) is 6.07 Å². The van der Waals surface area contributed by atoms with Crippen LogP contribution in [-0.4, -0.2) is 4.98 Å². The molecule has 1 aromatic carbocycles. The van der Waals surface area contributed by atoms with Gasteiger partial charge in [0.1, 0.15) is 13.1 Å². The van der Waals surface area contributed by atoms with Crippen LogP contribution in [-0.2, 0) is 7.05 Å². The van der Waals surface area contributed by atoms with E-state index in [2.05, 4.69) is 4.98 Å². The number of rotatable bonds is 2. The third-order valence-electron chi connectivity index (χ3n) is 4.71. The van der Waals surface area contributed by atoms with Gasteiger partial charge in [0.15, 0.2) is 11.3 Å². The zero-order valence-electron chi connectivity index (χ0n) is 24.1. The second-order valence-corrected chi connectivity index (χ2v) is 6.42. The minimum absolute atomic E-state index is 0.103. The molecule has 4 rings (SSSR count). The number of aryl methyl sites for hydroxylation is 1. The normalized spacial score (nSPS) is 17.6. The Labute approximate surface area is 171 Å². The summed E-state index contributed by atoms with van der Waals surface area (Å²) in [5, 5.41) is 10.4. The van der Waals surface area contributed by atoms with Gasteiger partial charge in [-0.3, -0.25) is 0 Å². The molecular formula is C23H22N3O+. The molecule has 3 heterocycles. The van der Waals surface area contributed by atoms with E-state index in [1.165, 1.54) is 17.7 Å². The van der Waals surface area contributed by atoms with Crippen molar-refractivity contribution in [2.75, 3.05) is 0 Å². The summed E-state index contributed by atoms with van der Waals surface area (Å²) in [6.07, 6.45) is 1.37. The van der Waals surface area contributed by atoms with Gasteiger partial charge >= 0.3 is 0 Å². The number of pyridine rings is 2. The highest BCUT2D eigenvalue weighted by Crippen LogP contribution is 2.37. The molecule has 4 nitrogen and oxygen atoms in total. The summed E-state index contributed by atoms with van der Waals surface area (Å²) < 4.78 is 81.3. The molecule has 27 heavy (non-hydrogen) atoms. The van der Waals surface area contributed by atoms with Crippen molar-refractivity contribution < 1.29 is 21.3 Å². The van der Waals surface area contributed by atoms with Gasteiger partial charge in [-0.2, -0.15) is 9.83 Å². The van der Waals surface area contributed by atoms with E-state index in [9.17, 15) is 5.26 Å². The van der Waals surface area contributed by atoms with Gasteiger partial charge in [-0.1, -0.05) is 25.8 Å². The molecular weight excluding hydrogens is 334 g/mol. The first-order chi connectivity index (χ1) is 16.6. The predicted octanol–water partition coefficient (Wildman–Crippen LogP) is 5.08. The Balaban J connectivity index is 2.21. The zero-order valence-corrected chi connectivity index (χ0v) is 15.1. The molecule has 0 atom stereocenters. The number of hydrogen-bond acceptors (Lipinski definition) is 3. The number of aromatic nitrogens is 2. The molecule has 0 bridgehead atoms. The topological polar surface area (TPSA) is 53.7 Å². The summed E-state index contributed by atoms with van der Waals surface area (Å²) in [7, 11) is 1.58. The van der Waals surface area contributed by atoms with E-state index in [4.69, 9.17) is 16.8 Å². The number of furan rings is 1. The lowest BCUT2D eigenvalue weighted by Gasteiger charge is -2.11. The highest BCUT2D eigenvalue weighted by molar-refractivity contribution is 6.09. The summed E-state index contributed by atoms with van der Waals surface area (Å²) in [5.41, 5.74) is 1.46. The largest absolute Gasteiger partial charge is 0.437 e. The molecule has 0 amide bonds. The lowest BCUT2D eigenvalue weighted by Crippen LogP contribution is -2.35. The van der Waals surface area contributed by atoms with E-state index >= 15 is 0 Å². The molecule has 3 aromatic heterocycles. The van der Waals surface area contributed by atoms with Gasteiger partial charge in [-0.15, -0.1) is 0 Å². The SMILES string of the molecule is [2H]c1c(C([2H])(C([2H])([2H])[2H])C([2H])([2H])[2H])c([2H])c(-c2c(C)ccc3c2oc2ncc(C#N)cc23)[n+](C)c1C. The van der Waals surface area contributed by atoms with Crippen LogP contribution in [0.4, 0.5) is 0 Å². The second-order valence-electron chi connectivity index (χ2n) is 6.42. The number of fused-ring (bicyclic) bond motifs is 3. The maximum Gasteiger partial charge on any atom is 0.227 e. The zero-order chi connectivity index (χ0) is 27.0. The fourth-order valence-corrected chi connectivity index (χ4v) is 3.20. The van der Waals surface area contributed by atoms with Crippen LogP contribution in [0.25, 0.3) is 33.3 Å². The van der Waals surface area contributed by atoms with Crippen molar-refractivity contribution in [1.82, 2.24) is 4.98 Å². The predicted molar refractivity (Wildman–Crippen MR) is 106 cm³/mol. The Morgan fingerprint density at radius 3 is 2.85 bits per heavy atom. The monoisotopic (exact) mass is 365 g/mol. The van der Waals surface area contributed by atoms with Gasteiger partial charge in [0.25, 0.3) is 0 Å². The lowest BCUT2D eigenvalue weighted by molar-refractivity contribution is -0.666. The van der Waals surface area contributed by atoms with E-state index in [-0.39, 0.29) is 17.1 Å². The summed E-state index contributed by atoms with van der Waals surface area (Å²) >= 11 is 0. The molecule has 0 saturated heterocycles. The molecule has 0 spiro atoms. The summed E-state index contributed by atoms with van der Waals surface area (Å²) in [6, 6.07) is 6.13. The first-order valence-electron chi connectivity index (χ1n) is 12.8. The van der Waals surface area contributed by atoms with Gasteiger partial charge in [-0.05, 0) is 30.0 Å². The molecule has 0 radical (unpaired) electrons. The molecule has 4 aromatic rings. The summed E-state index contributed by atoms with van der Waals surface area (Å²) in [4.78, 5) is 4.20. The van der Waals surface area contributed by atoms with Crippen LogP contribution in [0.3, 0.4) is 0 Å². The van der Waals surface area contributed by atoms with Crippen LogP contribution >= 0.6 is 0 Å². The van der Waals surface area contributed by atoms with Gasteiger partial charge in [0, 0.05) is 45.6 Å². The van der Waals surface area contributed by atoms with Crippen LogP contribution in [0, 0.1) is 25.2 Å². The minimum Gasteiger partial charge on any atom is -0.437 e. The van der Waals surface area contributed by atoms with Crippen LogP contribution < -0.4 is 4.57 Å².